The van der Waals surface area contributed by atoms with Crippen LogP contribution in [0.3, 0.4) is 0 Å². The van der Waals surface area contributed by atoms with Crippen molar-refractivity contribution in [2.24, 2.45) is 0 Å². The maximum atomic E-state index is 12.2. The van der Waals surface area contributed by atoms with Gasteiger partial charge in [-0.05, 0) is 41.5 Å². The molecule has 0 fully saturated rings. The zero-order chi connectivity index (χ0) is 17.8. The van der Waals surface area contributed by atoms with Crippen LogP contribution in [0.4, 0.5) is 0 Å². The molecule has 0 spiro atoms. The third-order valence-corrected chi connectivity index (χ3v) is 4.23. The molecule has 2 aromatic rings. The van der Waals surface area contributed by atoms with Crippen LogP contribution in [-0.4, -0.2) is 41.4 Å². The van der Waals surface area contributed by atoms with Gasteiger partial charge in [-0.3, -0.25) is 14.6 Å². The number of nitrogens with zero attached hydrogens (tertiary/aromatic N) is 2. The van der Waals surface area contributed by atoms with Gasteiger partial charge in [0.05, 0.1) is 6.54 Å². The summed E-state index contributed by atoms with van der Waals surface area (Å²) >= 11 is 5.94. The quantitative estimate of drug-likeness (QED) is 0.883. The lowest BCUT2D eigenvalue weighted by Gasteiger charge is -2.18. The van der Waals surface area contributed by atoms with E-state index in [0.717, 1.165) is 11.1 Å². The van der Waals surface area contributed by atoms with Gasteiger partial charge in [-0.1, -0.05) is 11.6 Å². The van der Waals surface area contributed by atoms with E-state index in [2.05, 4.69) is 10.3 Å². The Balaban J connectivity index is 1.48. The summed E-state index contributed by atoms with van der Waals surface area (Å²) in [6.45, 7) is 0.387. The van der Waals surface area contributed by atoms with Crippen LogP contribution in [0.25, 0.3) is 0 Å². The average Bonchev–Trinajstić information content (AvgIpc) is 3.03. The molecule has 1 unspecified atom stereocenters. The maximum Gasteiger partial charge on any atom is 0.261 e. The smallest absolute Gasteiger partial charge is 0.261 e. The number of carbonyl (C=O) groups excluding carboxylic acids is 2. The molecule has 0 radical (unpaired) electrons. The Bertz CT molecular complexity index is 782. The molecule has 7 heteroatoms. The number of nitrogens with one attached hydrogen (secondary N) is 1. The van der Waals surface area contributed by atoms with Crippen LogP contribution < -0.4 is 10.1 Å². The van der Waals surface area contributed by atoms with Gasteiger partial charge < -0.3 is 15.0 Å². The predicted octanol–water partition coefficient (Wildman–Crippen LogP) is 1.81. The maximum absolute atomic E-state index is 12.2. The first-order valence-corrected chi connectivity index (χ1v) is 8.26. The number of fused-ring (bicyclic) bond motifs is 1. The lowest BCUT2D eigenvalue weighted by molar-refractivity contribution is -0.134. The number of rotatable bonds is 5. The second-order valence-corrected chi connectivity index (χ2v) is 6.32. The highest BCUT2D eigenvalue weighted by Gasteiger charge is 2.29. The molecule has 1 atom stereocenters. The van der Waals surface area contributed by atoms with E-state index >= 15 is 0 Å². The van der Waals surface area contributed by atoms with E-state index in [1.807, 2.05) is 12.1 Å². The first kappa shape index (κ1) is 17.2. The predicted molar refractivity (Wildman–Crippen MR) is 93.3 cm³/mol. The second kappa shape index (κ2) is 7.53. The van der Waals surface area contributed by atoms with E-state index < -0.39 is 6.10 Å². The van der Waals surface area contributed by atoms with E-state index in [9.17, 15) is 9.59 Å². The summed E-state index contributed by atoms with van der Waals surface area (Å²) in [6.07, 6.45) is 3.17. The molecule has 2 heterocycles. The van der Waals surface area contributed by atoms with Gasteiger partial charge in [-0.2, -0.15) is 0 Å². The first-order chi connectivity index (χ1) is 12.0. The zero-order valence-electron chi connectivity index (χ0n) is 13.7. The molecule has 25 heavy (non-hydrogen) atoms. The van der Waals surface area contributed by atoms with Crippen molar-refractivity contribution in [3.8, 4) is 5.75 Å². The number of aromatic nitrogens is 1. The summed E-state index contributed by atoms with van der Waals surface area (Å²) in [4.78, 5) is 29.9. The molecule has 0 saturated carbocycles. The minimum atomic E-state index is -0.633. The lowest BCUT2D eigenvalue weighted by atomic mass is 10.1. The molecule has 0 aliphatic carbocycles. The summed E-state index contributed by atoms with van der Waals surface area (Å²) in [6, 6.07) is 8.95. The summed E-state index contributed by atoms with van der Waals surface area (Å²) in [7, 11) is 1.69. The molecule has 0 saturated heterocycles. The molecular weight excluding hydrogens is 342 g/mol. The van der Waals surface area contributed by atoms with Crippen molar-refractivity contribution in [1.82, 2.24) is 15.2 Å². The van der Waals surface area contributed by atoms with Gasteiger partial charge in [-0.25, -0.2) is 0 Å². The Morgan fingerprint density at radius 3 is 2.84 bits per heavy atom. The van der Waals surface area contributed by atoms with Gasteiger partial charge in [0.25, 0.3) is 5.91 Å². The summed E-state index contributed by atoms with van der Waals surface area (Å²) in [5.74, 6) is 0.174. The fourth-order valence-electron chi connectivity index (χ4n) is 2.63. The number of hydrogen-bond acceptors (Lipinski definition) is 4. The van der Waals surface area contributed by atoms with E-state index in [-0.39, 0.29) is 18.4 Å². The largest absolute Gasteiger partial charge is 0.480 e. The molecule has 1 aromatic heterocycles. The van der Waals surface area contributed by atoms with Crippen molar-refractivity contribution in [3.05, 3.63) is 58.9 Å². The number of likely N-dealkylation sites (N-methyl/N-ethyl adjacent to an activating group) is 1. The lowest BCUT2D eigenvalue weighted by Crippen LogP contribution is -2.43. The van der Waals surface area contributed by atoms with Crippen molar-refractivity contribution in [3.63, 3.8) is 0 Å². The van der Waals surface area contributed by atoms with Crippen LogP contribution in [0.1, 0.15) is 11.1 Å². The number of ether oxygens (including phenoxy) is 1. The van der Waals surface area contributed by atoms with Crippen molar-refractivity contribution in [1.29, 1.82) is 0 Å². The normalized spacial score (nSPS) is 15.2. The third-order valence-electron chi connectivity index (χ3n) is 4.00. The number of halogens is 1. The van der Waals surface area contributed by atoms with Crippen molar-refractivity contribution >= 4 is 23.4 Å². The minimum Gasteiger partial charge on any atom is -0.480 e. The Kier molecular flexibility index (Phi) is 5.19. The van der Waals surface area contributed by atoms with E-state index in [1.165, 1.54) is 0 Å². The van der Waals surface area contributed by atoms with Crippen molar-refractivity contribution in [2.75, 3.05) is 13.6 Å². The number of carbonyl (C=O) groups is 2. The summed E-state index contributed by atoms with van der Waals surface area (Å²) < 4.78 is 5.61. The molecule has 1 aliphatic heterocycles. The van der Waals surface area contributed by atoms with Crippen LogP contribution in [0.2, 0.25) is 5.02 Å². The summed E-state index contributed by atoms with van der Waals surface area (Å²) in [5.41, 5.74) is 1.87. The van der Waals surface area contributed by atoms with Gasteiger partial charge in [0, 0.05) is 37.4 Å². The van der Waals surface area contributed by atoms with Crippen molar-refractivity contribution in [2.45, 2.75) is 19.1 Å². The Morgan fingerprint density at radius 1 is 1.32 bits per heavy atom. The Morgan fingerprint density at radius 2 is 2.08 bits per heavy atom. The van der Waals surface area contributed by atoms with E-state index in [4.69, 9.17) is 16.3 Å². The molecule has 6 nitrogen and oxygen atoms in total. The number of pyridine rings is 1. The molecule has 1 N–H and O–H groups in total. The van der Waals surface area contributed by atoms with Crippen LogP contribution in [0, 0.1) is 0 Å². The Labute approximate surface area is 150 Å². The standard InChI is InChI=1S/C18H18ClN3O3/c1-22(11-12-4-6-20-7-5-12)17(23)10-21-18(24)16-9-13-8-14(19)2-3-15(13)25-16/h2-8,16H,9-11H2,1H3,(H,21,24). The van der Waals surface area contributed by atoms with Crippen LogP contribution in [-0.2, 0) is 22.6 Å². The molecule has 130 valence electrons. The number of hydrogen-bond donors (Lipinski definition) is 1. The number of amides is 2. The number of benzene rings is 1. The highest BCUT2D eigenvalue weighted by Crippen LogP contribution is 2.31. The molecule has 1 aliphatic rings. The molecule has 0 bridgehead atoms. The van der Waals surface area contributed by atoms with E-state index in [1.54, 1.807) is 42.5 Å². The topological polar surface area (TPSA) is 71.5 Å². The molecular formula is C18H18ClN3O3. The van der Waals surface area contributed by atoms with Gasteiger partial charge in [-0.15, -0.1) is 0 Å². The first-order valence-electron chi connectivity index (χ1n) is 7.88. The van der Waals surface area contributed by atoms with Crippen LogP contribution in [0.15, 0.2) is 42.7 Å². The highest BCUT2D eigenvalue weighted by atomic mass is 35.5. The molecule has 3 rings (SSSR count). The zero-order valence-corrected chi connectivity index (χ0v) is 14.5. The fraction of sp³-hybridized carbons (Fsp3) is 0.278. The third kappa shape index (κ3) is 4.28. The molecule has 1 aromatic carbocycles. The fourth-order valence-corrected chi connectivity index (χ4v) is 2.82. The average molecular weight is 360 g/mol. The second-order valence-electron chi connectivity index (χ2n) is 5.89. The van der Waals surface area contributed by atoms with Gasteiger partial charge in [0.1, 0.15) is 5.75 Å². The van der Waals surface area contributed by atoms with Gasteiger partial charge >= 0.3 is 0 Å². The van der Waals surface area contributed by atoms with Crippen LogP contribution >= 0.6 is 11.6 Å². The minimum absolute atomic E-state index is 0.0720. The highest BCUT2D eigenvalue weighted by molar-refractivity contribution is 6.30. The Hall–Kier alpha value is -2.60. The molecule has 2 amide bonds. The van der Waals surface area contributed by atoms with Crippen LogP contribution in [0.5, 0.6) is 5.75 Å². The van der Waals surface area contributed by atoms with E-state index in [0.29, 0.717) is 23.7 Å². The monoisotopic (exact) mass is 359 g/mol. The van der Waals surface area contributed by atoms with Crippen molar-refractivity contribution < 1.29 is 14.3 Å². The van der Waals surface area contributed by atoms with Gasteiger partial charge in [0.15, 0.2) is 6.10 Å². The summed E-state index contributed by atoms with van der Waals surface area (Å²) in [5, 5.41) is 3.25. The SMILES string of the molecule is CN(Cc1ccncc1)C(=O)CNC(=O)C1Cc2cc(Cl)ccc2O1. The van der Waals surface area contributed by atoms with Gasteiger partial charge in [0.2, 0.25) is 5.91 Å².